The number of hydrogen-bond donors (Lipinski definition) is 0. The first kappa shape index (κ1) is 11.8. The zero-order chi connectivity index (χ0) is 10.9. The van der Waals surface area contributed by atoms with Gasteiger partial charge in [0, 0.05) is 6.54 Å². The van der Waals surface area contributed by atoms with Gasteiger partial charge in [-0.15, -0.1) is 0 Å². The number of halogens is 2. The van der Waals surface area contributed by atoms with Crippen molar-refractivity contribution in [1.29, 1.82) is 0 Å². The van der Waals surface area contributed by atoms with Crippen molar-refractivity contribution in [2.45, 2.75) is 37.4 Å². The molecule has 1 rings (SSSR count). The summed E-state index contributed by atoms with van der Waals surface area (Å²) in [6.45, 7) is 5.86. The molecule has 1 fully saturated rings. The second kappa shape index (κ2) is 4.04. The van der Waals surface area contributed by atoms with Gasteiger partial charge in [0.25, 0.3) is 0 Å². The summed E-state index contributed by atoms with van der Waals surface area (Å²) in [5.74, 6) is 0. The number of amides is 1. The van der Waals surface area contributed by atoms with Crippen LogP contribution in [0.15, 0.2) is 0 Å². The smallest absolute Gasteiger partial charge is 0.410 e. The number of rotatable bonds is 0. The summed E-state index contributed by atoms with van der Waals surface area (Å²) < 4.78 is 18.2. The molecule has 0 N–H and O–H groups in total. The van der Waals surface area contributed by atoms with Crippen molar-refractivity contribution in [3.63, 3.8) is 0 Å². The highest BCUT2D eigenvalue weighted by Gasteiger charge is 2.35. The van der Waals surface area contributed by atoms with Crippen LogP contribution in [0.5, 0.6) is 0 Å². The van der Waals surface area contributed by atoms with E-state index in [1.165, 1.54) is 4.90 Å². The van der Waals surface area contributed by atoms with Gasteiger partial charge in [0.1, 0.15) is 11.8 Å². The lowest BCUT2D eigenvalue weighted by molar-refractivity contribution is 0.0284. The average molecular weight is 268 g/mol. The number of nitrogens with zero attached hydrogens (tertiary/aromatic N) is 1. The van der Waals surface area contributed by atoms with E-state index >= 15 is 0 Å². The zero-order valence-electron chi connectivity index (χ0n) is 8.59. The quantitative estimate of drug-likeness (QED) is 0.631. The van der Waals surface area contributed by atoms with Gasteiger partial charge in [0.05, 0.1) is 11.4 Å². The van der Waals surface area contributed by atoms with Gasteiger partial charge in [-0.3, -0.25) is 0 Å². The van der Waals surface area contributed by atoms with E-state index < -0.39 is 17.9 Å². The Kier molecular flexibility index (Phi) is 3.40. The monoisotopic (exact) mass is 267 g/mol. The van der Waals surface area contributed by atoms with E-state index in [0.717, 1.165) is 0 Å². The van der Waals surface area contributed by atoms with Crippen LogP contribution in [-0.2, 0) is 4.74 Å². The lowest BCUT2D eigenvalue weighted by Crippen LogP contribution is -2.35. The minimum Gasteiger partial charge on any atom is -0.444 e. The molecule has 0 aliphatic carbocycles. The molecule has 0 aromatic carbocycles. The Bertz CT molecular complexity index is 219. The molecule has 0 saturated carbocycles. The lowest BCUT2D eigenvalue weighted by Gasteiger charge is -2.24. The molecule has 1 aliphatic rings. The third-order valence-electron chi connectivity index (χ3n) is 1.83. The summed E-state index contributed by atoms with van der Waals surface area (Å²) in [6.07, 6.45) is -1.44. The van der Waals surface area contributed by atoms with Gasteiger partial charge in [-0.1, -0.05) is 15.9 Å². The maximum Gasteiger partial charge on any atom is 0.410 e. The predicted octanol–water partition coefficient (Wildman–Crippen LogP) is 2.34. The molecule has 3 nitrogen and oxygen atoms in total. The van der Waals surface area contributed by atoms with E-state index in [-0.39, 0.29) is 11.4 Å². The predicted molar refractivity (Wildman–Crippen MR) is 55.4 cm³/mol. The molecule has 0 unspecified atom stereocenters. The molecular weight excluding hydrogens is 253 g/mol. The summed E-state index contributed by atoms with van der Waals surface area (Å²) in [4.78, 5) is 12.6. The van der Waals surface area contributed by atoms with Gasteiger partial charge in [-0.25, -0.2) is 9.18 Å². The Morgan fingerprint density at radius 1 is 1.50 bits per heavy atom. The molecule has 0 aromatic rings. The van der Waals surface area contributed by atoms with Crippen molar-refractivity contribution >= 4 is 22.0 Å². The third-order valence-corrected chi connectivity index (χ3v) is 2.70. The minimum atomic E-state index is -0.998. The van der Waals surface area contributed by atoms with Gasteiger partial charge in [-0.2, -0.15) is 0 Å². The summed E-state index contributed by atoms with van der Waals surface area (Å²) in [6, 6.07) is 0. The van der Waals surface area contributed by atoms with Gasteiger partial charge in [0.2, 0.25) is 0 Å². The SMILES string of the molecule is CC(C)(C)OC(=O)N1C[C@H](F)[C@@H](Br)C1. The highest BCUT2D eigenvalue weighted by molar-refractivity contribution is 9.09. The standard InChI is InChI=1S/C9H15BrFNO2/c1-9(2,3)14-8(13)12-4-6(10)7(11)5-12/h6-7H,4-5H2,1-3H3/t6-,7-/m0/s1. The Hall–Kier alpha value is -0.320. The first-order valence-corrected chi connectivity index (χ1v) is 5.47. The molecule has 14 heavy (non-hydrogen) atoms. The minimum absolute atomic E-state index is 0.116. The topological polar surface area (TPSA) is 29.5 Å². The second-order valence-electron chi connectivity index (χ2n) is 4.42. The largest absolute Gasteiger partial charge is 0.444 e. The van der Waals surface area contributed by atoms with Crippen LogP contribution in [0.4, 0.5) is 9.18 Å². The van der Waals surface area contributed by atoms with E-state index in [1.54, 1.807) is 20.8 Å². The van der Waals surface area contributed by atoms with Crippen LogP contribution in [0.2, 0.25) is 0 Å². The van der Waals surface area contributed by atoms with E-state index in [2.05, 4.69) is 15.9 Å². The second-order valence-corrected chi connectivity index (χ2v) is 5.59. The average Bonchev–Trinajstić information content (AvgIpc) is 2.28. The number of ether oxygens (including phenoxy) is 1. The van der Waals surface area contributed by atoms with Gasteiger partial charge >= 0.3 is 6.09 Å². The molecule has 82 valence electrons. The van der Waals surface area contributed by atoms with Crippen LogP contribution < -0.4 is 0 Å². The van der Waals surface area contributed by atoms with E-state index in [1.807, 2.05) is 0 Å². The molecule has 1 heterocycles. The molecule has 5 heteroatoms. The lowest BCUT2D eigenvalue weighted by atomic mass is 10.2. The van der Waals surface area contributed by atoms with Crippen molar-refractivity contribution in [3.8, 4) is 0 Å². The molecule has 0 radical (unpaired) electrons. The first-order valence-electron chi connectivity index (χ1n) is 4.55. The van der Waals surface area contributed by atoms with Crippen molar-refractivity contribution in [2.24, 2.45) is 0 Å². The first-order chi connectivity index (χ1) is 6.29. The fourth-order valence-corrected chi connectivity index (χ4v) is 1.72. The van der Waals surface area contributed by atoms with Gasteiger partial charge in [0.15, 0.2) is 0 Å². The fourth-order valence-electron chi connectivity index (χ4n) is 1.20. The van der Waals surface area contributed by atoms with Crippen molar-refractivity contribution in [1.82, 2.24) is 4.90 Å². The number of likely N-dealkylation sites (tertiary alicyclic amines) is 1. The van der Waals surface area contributed by atoms with E-state index in [9.17, 15) is 9.18 Å². The summed E-state index contributed by atoms with van der Waals surface area (Å²) in [5.41, 5.74) is -0.521. The molecule has 0 aromatic heterocycles. The Morgan fingerprint density at radius 2 is 2.07 bits per heavy atom. The maximum absolute atomic E-state index is 13.1. The number of hydrogen-bond acceptors (Lipinski definition) is 2. The Labute approximate surface area is 91.7 Å². The highest BCUT2D eigenvalue weighted by atomic mass is 79.9. The summed E-state index contributed by atoms with van der Waals surface area (Å²) in [5, 5.41) is 0. The fraction of sp³-hybridized carbons (Fsp3) is 0.889. The van der Waals surface area contributed by atoms with Gasteiger partial charge in [-0.05, 0) is 20.8 Å². The molecule has 1 aliphatic heterocycles. The van der Waals surface area contributed by atoms with Crippen LogP contribution in [0.3, 0.4) is 0 Å². The molecule has 2 atom stereocenters. The van der Waals surface area contributed by atoms with Crippen LogP contribution in [-0.4, -0.2) is 40.7 Å². The Balaban J connectivity index is 2.48. The zero-order valence-corrected chi connectivity index (χ0v) is 10.2. The summed E-state index contributed by atoms with van der Waals surface area (Å²) in [7, 11) is 0. The van der Waals surface area contributed by atoms with Crippen LogP contribution in [0, 0.1) is 0 Å². The van der Waals surface area contributed by atoms with Crippen LogP contribution >= 0.6 is 15.9 Å². The van der Waals surface area contributed by atoms with Crippen molar-refractivity contribution in [2.75, 3.05) is 13.1 Å². The van der Waals surface area contributed by atoms with Crippen LogP contribution in [0.1, 0.15) is 20.8 Å². The van der Waals surface area contributed by atoms with E-state index in [0.29, 0.717) is 6.54 Å². The van der Waals surface area contributed by atoms with E-state index in [4.69, 9.17) is 4.74 Å². The Morgan fingerprint density at radius 3 is 2.43 bits per heavy atom. The summed E-state index contributed by atoms with van der Waals surface area (Å²) >= 11 is 3.17. The highest BCUT2D eigenvalue weighted by Crippen LogP contribution is 2.22. The number of carbonyl (C=O) groups is 1. The van der Waals surface area contributed by atoms with Crippen molar-refractivity contribution in [3.05, 3.63) is 0 Å². The number of carbonyl (C=O) groups excluding carboxylic acids is 1. The van der Waals surface area contributed by atoms with Crippen LogP contribution in [0.25, 0.3) is 0 Å². The molecule has 1 amide bonds. The third kappa shape index (κ3) is 3.12. The molecule has 1 saturated heterocycles. The molecule has 0 bridgehead atoms. The molecular formula is C9H15BrFNO2. The van der Waals surface area contributed by atoms with Crippen molar-refractivity contribution < 1.29 is 13.9 Å². The normalized spacial score (nSPS) is 27.9. The maximum atomic E-state index is 13.1. The van der Waals surface area contributed by atoms with Gasteiger partial charge < -0.3 is 9.64 Å². The number of alkyl halides is 2. The molecule has 0 spiro atoms.